The molecule has 0 saturated carbocycles. The van der Waals surface area contributed by atoms with Gasteiger partial charge in [0.2, 0.25) is 35.3 Å². The van der Waals surface area contributed by atoms with Crippen LogP contribution in [0.5, 0.6) is 0 Å². The Kier molecular flexibility index (Phi) is 28.5. The third kappa shape index (κ3) is 21.1. The van der Waals surface area contributed by atoms with Gasteiger partial charge >= 0.3 is 0 Å². The van der Waals surface area contributed by atoms with Gasteiger partial charge in [0, 0.05) is 94.1 Å². The summed E-state index contributed by atoms with van der Waals surface area (Å²) in [4.78, 5) is 16.4. The van der Waals surface area contributed by atoms with Gasteiger partial charge in [-0.15, -0.1) is 81.6 Å². The van der Waals surface area contributed by atoms with Crippen LogP contribution in [0.4, 0.5) is 0 Å². The second-order valence-corrected chi connectivity index (χ2v) is 36.4. The van der Waals surface area contributed by atoms with Crippen LogP contribution in [0.3, 0.4) is 0 Å². The molecule has 8 aromatic carbocycles. The maximum Gasteiger partial charge on any atom is 0.277 e. The summed E-state index contributed by atoms with van der Waals surface area (Å²) in [5, 5.41) is 73.6. The second kappa shape index (κ2) is 41.9. The van der Waals surface area contributed by atoms with E-state index in [2.05, 4.69) is 102 Å². The molecule has 28 nitrogen and oxygen atoms in total. The van der Waals surface area contributed by atoms with Crippen molar-refractivity contribution in [1.29, 1.82) is 0 Å². The lowest BCUT2D eigenvalue weighted by atomic mass is 10.1. The number of pyridine rings is 4. The first-order valence-corrected chi connectivity index (χ1v) is 46.1. The molecule has 0 amide bonds. The second-order valence-electron chi connectivity index (χ2n) is 29.6. The molecule has 0 aliphatic rings. The molecule has 132 heavy (non-hydrogen) atoms. The molecule has 656 valence electrons. The van der Waals surface area contributed by atoms with Crippen LogP contribution in [-0.4, -0.2) is 120 Å². The van der Waals surface area contributed by atoms with Gasteiger partial charge in [-0.25, -0.2) is 0 Å². The van der Waals surface area contributed by atoms with Gasteiger partial charge in [0.15, 0.2) is 45.3 Å². The average Bonchev–Trinajstić information content (AvgIpc) is 1.63. The Labute approximate surface area is 794 Å². The molecule has 0 radical (unpaired) electrons. The minimum Gasteiger partial charge on any atom is -0.419 e. The third-order valence-corrected chi connectivity index (χ3v) is 25.4. The van der Waals surface area contributed by atoms with E-state index in [4.69, 9.17) is 64.1 Å². The molecular weight excluding hydrogens is 1820 g/mol. The number of rotatable bonds is 24. The van der Waals surface area contributed by atoms with Crippen LogP contribution in [0.2, 0.25) is 20.1 Å². The van der Waals surface area contributed by atoms with E-state index in [1.807, 2.05) is 316 Å². The molecule has 0 aliphatic carbocycles. The number of halogens is 4. The van der Waals surface area contributed by atoms with Crippen LogP contribution in [0, 0.1) is 27.7 Å². The first-order valence-electron chi connectivity index (χ1n) is 41.1. The fraction of sp³-hybridized carbons (Fsp3) is 0.125. The molecule has 0 spiro atoms. The number of hydrogen-bond acceptors (Lipinski definition) is 28. The maximum atomic E-state index is 6.56. The Bertz CT molecular complexity index is 6830. The van der Waals surface area contributed by atoms with Crippen molar-refractivity contribution in [3.05, 3.63) is 358 Å². The third-order valence-electron chi connectivity index (χ3n) is 20.2. The van der Waals surface area contributed by atoms with Crippen LogP contribution >= 0.6 is 93.5 Å². The number of aryl methyl sites for hydroxylation is 4. The van der Waals surface area contributed by atoms with E-state index in [9.17, 15) is 0 Å². The molecule has 0 bridgehead atoms. The molecule has 20 aromatic rings. The van der Waals surface area contributed by atoms with Gasteiger partial charge in [0.1, 0.15) is 0 Å². The van der Waals surface area contributed by atoms with Crippen molar-refractivity contribution in [2.45, 2.75) is 97.1 Å². The highest BCUT2D eigenvalue weighted by Crippen LogP contribution is 2.45. The monoisotopic (exact) mass is 1900 g/mol. The molecular formula is C96H76Cl4N24O4S4. The van der Waals surface area contributed by atoms with Crippen LogP contribution in [0.1, 0.15) is 94.4 Å². The molecule has 20 rings (SSSR count). The van der Waals surface area contributed by atoms with Crippen molar-refractivity contribution in [2.75, 3.05) is 0 Å². The molecule has 0 aliphatic heterocycles. The summed E-state index contributed by atoms with van der Waals surface area (Å²) in [6.45, 7) is 16.2. The molecule has 12 heterocycles. The van der Waals surface area contributed by atoms with Gasteiger partial charge in [-0.2, -0.15) is 0 Å². The van der Waals surface area contributed by atoms with Crippen molar-refractivity contribution >= 4 is 93.5 Å². The van der Waals surface area contributed by atoms with Crippen molar-refractivity contribution in [3.63, 3.8) is 0 Å². The molecule has 0 fully saturated rings. The fourth-order valence-electron chi connectivity index (χ4n) is 13.4. The number of benzene rings is 8. The first-order chi connectivity index (χ1) is 64.4. The highest BCUT2D eigenvalue weighted by Gasteiger charge is 2.30. The SMILES string of the molecule is Cc1ccc(-c2nnc(S[C@@H](C)c3nnc(-c4ccncc4)n3-c3ccccc3Cl)o2)cc1.Cc1ccc(-c2nnc(S[C@H](C)c3nnc(-c4ccncc4)n3-c3ccccc3Cl)o2)cc1.Cc1ccc(-c2nnc([C@@H](C)Sc3nnc(-c4ccncc4)n3-c3ccccc3Cl)o2)cc1.Cc1ccc(-c2nnc([C@H](C)Sc3nnc(-c4ccncc4)n3-c3ccccc3Cl)o2)cc1. The zero-order valence-electron chi connectivity index (χ0n) is 71.5. The van der Waals surface area contributed by atoms with Gasteiger partial charge < -0.3 is 17.7 Å². The lowest BCUT2D eigenvalue weighted by Gasteiger charge is -2.15. The van der Waals surface area contributed by atoms with E-state index in [0.29, 0.717) is 99.5 Å². The summed E-state index contributed by atoms with van der Waals surface area (Å²) in [7, 11) is 0. The van der Waals surface area contributed by atoms with Gasteiger partial charge in [-0.3, -0.25) is 38.2 Å². The smallest absolute Gasteiger partial charge is 0.277 e. The first kappa shape index (κ1) is 90.0. The van der Waals surface area contributed by atoms with Crippen LogP contribution in [0.25, 0.3) is 114 Å². The predicted octanol–water partition coefficient (Wildman–Crippen LogP) is 24.8. The number of aromatic nitrogens is 24. The summed E-state index contributed by atoms with van der Waals surface area (Å²) in [6.07, 6.45) is 13.8. The van der Waals surface area contributed by atoms with Gasteiger partial charge in [0.05, 0.1) is 63.8 Å². The standard InChI is InChI=1S/4C24H19ClN6OS/c2*1-15-7-9-18(10-8-15)23-29-28-22(32-23)16(2)33-24-30-27-21(17-11-13-26-14-12-17)31(24)20-6-4-3-5-19(20)25;2*1-15-7-9-18(10-8-15)23-29-30-24(32-23)33-16(2)21-27-28-22(17-11-13-26-14-12-17)31(21)20-6-4-3-5-19(20)25/h4*3-14,16H,1-2H3/t4*16-/m1010/s1. The van der Waals surface area contributed by atoms with E-state index >= 15 is 0 Å². The molecule has 0 N–H and O–H groups in total. The maximum absolute atomic E-state index is 6.56. The lowest BCUT2D eigenvalue weighted by Crippen LogP contribution is -2.06. The van der Waals surface area contributed by atoms with Crippen molar-refractivity contribution in [1.82, 2.24) is 120 Å². The average molecular weight is 1900 g/mol. The molecule has 0 saturated heterocycles. The Morgan fingerprint density at radius 3 is 0.773 bits per heavy atom. The molecule has 36 heteroatoms. The van der Waals surface area contributed by atoms with Crippen molar-refractivity contribution < 1.29 is 17.7 Å². The Morgan fingerprint density at radius 2 is 0.485 bits per heavy atom. The zero-order valence-corrected chi connectivity index (χ0v) is 77.8. The summed E-state index contributed by atoms with van der Waals surface area (Å²) in [5.74, 6) is 7.10. The van der Waals surface area contributed by atoms with Gasteiger partial charge in [0.25, 0.3) is 10.4 Å². The minimum absolute atomic E-state index is 0.143. The summed E-state index contributed by atoms with van der Waals surface area (Å²) >= 11 is 32.0. The van der Waals surface area contributed by atoms with Crippen LogP contribution in [-0.2, 0) is 0 Å². The topological polar surface area (TPSA) is 330 Å². The zero-order chi connectivity index (χ0) is 91.1. The molecule has 12 aromatic heterocycles. The lowest BCUT2D eigenvalue weighted by molar-refractivity contribution is 0.464. The van der Waals surface area contributed by atoms with E-state index in [1.54, 1.807) is 49.6 Å². The largest absolute Gasteiger partial charge is 0.419 e. The Hall–Kier alpha value is -14.0. The number of para-hydroxylation sites is 4. The van der Waals surface area contributed by atoms with E-state index in [1.165, 1.54) is 69.3 Å². The molecule has 4 atom stereocenters. The predicted molar refractivity (Wildman–Crippen MR) is 513 cm³/mol. The Morgan fingerprint density at radius 1 is 0.235 bits per heavy atom. The summed E-state index contributed by atoms with van der Waals surface area (Å²) < 4.78 is 31.6. The normalized spacial score (nSPS) is 12.1. The number of hydrogen-bond donors (Lipinski definition) is 0. The van der Waals surface area contributed by atoms with E-state index in [0.717, 1.165) is 78.9 Å². The van der Waals surface area contributed by atoms with Gasteiger partial charge in [-0.1, -0.05) is 213 Å². The van der Waals surface area contributed by atoms with Crippen LogP contribution in [0.15, 0.2) is 331 Å². The van der Waals surface area contributed by atoms with Crippen molar-refractivity contribution in [2.24, 2.45) is 0 Å². The minimum atomic E-state index is -0.160. The number of nitrogens with zero attached hydrogens (tertiary/aromatic N) is 24. The highest BCUT2D eigenvalue weighted by atomic mass is 35.5. The summed E-state index contributed by atoms with van der Waals surface area (Å²) in [5.41, 5.74) is 14.9. The number of thioether (sulfide) groups is 4. The van der Waals surface area contributed by atoms with Gasteiger partial charge in [-0.05, 0) is 201 Å². The fourth-order valence-corrected chi connectivity index (χ4v) is 17.6. The highest BCUT2D eigenvalue weighted by molar-refractivity contribution is 8.00. The Balaban J connectivity index is 0.000000123. The quantitative estimate of drug-likeness (QED) is 0.0507. The van der Waals surface area contributed by atoms with E-state index in [-0.39, 0.29) is 21.0 Å². The van der Waals surface area contributed by atoms with E-state index < -0.39 is 0 Å². The summed E-state index contributed by atoms with van der Waals surface area (Å²) in [6, 6.07) is 77.5. The van der Waals surface area contributed by atoms with Crippen molar-refractivity contribution in [3.8, 4) is 114 Å². The molecule has 0 unspecified atom stereocenters. The van der Waals surface area contributed by atoms with Crippen LogP contribution < -0.4 is 0 Å².